The van der Waals surface area contributed by atoms with Crippen molar-refractivity contribution in [2.45, 2.75) is 19.4 Å². The maximum Gasteiger partial charge on any atom is 0.325 e. The molecule has 5 N–H and O–H groups in total. The molecule has 0 heterocycles. The summed E-state index contributed by atoms with van der Waals surface area (Å²) in [5.41, 5.74) is 1.92. The highest BCUT2D eigenvalue weighted by Gasteiger charge is 2.16. The number of hydrogen-bond acceptors (Lipinski definition) is 4. The average molecular weight is 416 g/mol. The van der Waals surface area contributed by atoms with E-state index < -0.39 is 15.2 Å². The molecule has 10 heteroatoms. The van der Waals surface area contributed by atoms with Gasteiger partial charge < -0.3 is 29.4 Å². The molecule has 0 amide bonds. The zero-order valence-electron chi connectivity index (χ0n) is 14.4. The smallest absolute Gasteiger partial charge is 0.325 e. The van der Waals surface area contributed by atoms with Crippen molar-refractivity contribution in [1.82, 2.24) is 0 Å². The number of aliphatic hydroxyl groups is 1. The van der Waals surface area contributed by atoms with Crippen molar-refractivity contribution in [1.29, 1.82) is 0 Å². The van der Waals surface area contributed by atoms with Crippen LogP contribution in [0.15, 0.2) is 42.5 Å². The van der Waals surface area contributed by atoms with Crippen molar-refractivity contribution >= 4 is 15.2 Å². The van der Waals surface area contributed by atoms with Crippen LogP contribution in [-0.4, -0.2) is 37.0 Å². The summed E-state index contributed by atoms with van der Waals surface area (Å²) in [6.07, 6.45) is -0.457. The highest BCUT2D eigenvalue weighted by molar-refractivity contribution is 7.52. The molecular formula is C17H22O8P2. The lowest BCUT2D eigenvalue weighted by molar-refractivity contribution is 0.281. The predicted molar refractivity (Wildman–Crippen MR) is 100 cm³/mol. The van der Waals surface area contributed by atoms with Crippen LogP contribution in [0.2, 0.25) is 0 Å². The first-order valence-corrected chi connectivity index (χ1v) is 11.7. The first kappa shape index (κ1) is 21.8. The van der Waals surface area contributed by atoms with Crippen LogP contribution in [0.3, 0.4) is 0 Å². The summed E-state index contributed by atoms with van der Waals surface area (Å²) in [4.78, 5) is 36.3. The fourth-order valence-corrected chi connectivity index (χ4v) is 3.52. The molecule has 0 aromatic heterocycles. The summed E-state index contributed by atoms with van der Waals surface area (Å²) < 4.78 is 28.0. The van der Waals surface area contributed by atoms with Gasteiger partial charge in [-0.05, 0) is 53.8 Å². The van der Waals surface area contributed by atoms with E-state index in [2.05, 4.69) is 0 Å². The standard InChI is InChI=1S/C17H22O8P2/c18-12-13-1-3-16(4-2-13)25-17-10-14(5-7-26(19,20)21)9-15(11-17)6-8-27(22,23)24/h1-4,9-11,18H,5-8,12H2,(H2,19,20,21)(H2,22,23,24). The highest BCUT2D eigenvalue weighted by Crippen LogP contribution is 2.37. The van der Waals surface area contributed by atoms with E-state index in [4.69, 9.17) is 29.4 Å². The molecule has 0 bridgehead atoms. The summed E-state index contributed by atoms with van der Waals surface area (Å²) in [6, 6.07) is 11.7. The van der Waals surface area contributed by atoms with Crippen molar-refractivity contribution in [3.8, 4) is 11.5 Å². The van der Waals surface area contributed by atoms with Crippen molar-refractivity contribution < 1.29 is 38.5 Å². The summed E-state index contributed by atoms with van der Waals surface area (Å²) >= 11 is 0. The van der Waals surface area contributed by atoms with E-state index in [1.807, 2.05) is 0 Å². The van der Waals surface area contributed by atoms with Gasteiger partial charge in [0.2, 0.25) is 0 Å². The van der Waals surface area contributed by atoms with E-state index in [0.717, 1.165) is 5.56 Å². The van der Waals surface area contributed by atoms with Crippen LogP contribution in [0.1, 0.15) is 16.7 Å². The van der Waals surface area contributed by atoms with Gasteiger partial charge in [-0.25, -0.2) is 0 Å². The minimum atomic E-state index is -4.17. The molecule has 0 aliphatic heterocycles. The van der Waals surface area contributed by atoms with Crippen LogP contribution in [0.4, 0.5) is 0 Å². The largest absolute Gasteiger partial charge is 0.457 e. The van der Waals surface area contributed by atoms with Crippen LogP contribution < -0.4 is 4.74 Å². The number of benzene rings is 2. The molecule has 0 spiro atoms. The van der Waals surface area contributed by atoms with Gasteiger partial charge in [-0.15, -0.1) is 0 Å². The van der Waals surface area contributed by atoms with Crippen LogP contribution in [0.25, 0.3) is 0 Å². The average Bonchev–Trinajstić information content (AvgIpc) is 2.58. The maximum absolute atomic E-state index is 11.1. The molecule has 27 heavy (non-hydrogen) atoms. The van der Waals surface area contributed by atoms with Gasteiger partial charge in [0.25, 0.3) is 0 Å². The Morgan fingerprint density at radius 2 is 1.19 bits per heavy atom. The first-order valence-electron chi connectivity index (χ1n) is 8.14. The Kier molecular flexibility index (Phi) is 7.37. The number of rotatable bonds is 9. The second-order valence-electron chi connectivity index (χ2n) is 6.17. The van der Waals surface area contributed by atoms with Crippen LogP contribution in [-0.2, 0) is 28.6 Å². The zero-order chi connectivity index (χ0) is 20.1. The molecule has 2 rings (SSSR count). The lowest BCUT2D eigenvalue weighted by Gasteiger charge is -2.12. The Bertz CT molecular complexity index is 809. The molecule has 0 saturated heterocycles. The van der Waals surface area contributed by atoms with Gasteiger partial charge in [0.15, 0.2) is 0 Å². The molecule has 2 aromatic carbocycles. The van der Waals surface area contributed by atoms with E-state index in [1.165, 1.54) is 0 Å². The molecule has 0 radical (unpaired) electrons. The van der Waals surface area contributed by atoms with Crippen molar-refractivity contribution in [2.75, 3.05) is 12.3 Å². The van der Waals surface area contributed by atoms with Gasteiger partial charge in [-0.1, -0.05) is 18.2 Å². The molecule has 8 nitrogen and oxygen atoms in total. The molecule has 0 unspecified atom stereocenters. The summed E-state index contributed by atoms with van der Waals surface area (Å²) in [6.45, 7) is -0.0926. The minimum Gasteiger partial charge on any atom is -0.457 e. The number of aryl methyl sites for hydroxylation is 2. The molecular weight excluding hydrogens is 394 g/mol. The van der Waals surface area contributed by atoms with E-state index >= 15 is 0 Å². The van der Waals surface area contributed by atoms with Crippen LogP contribution in [0.5, 0.6) is 11.5 Å². The molecule has 0 atom stereocenters. The lowest BCUT2D eigenvalue weighted by atomic mass is 10.1. The van der Waals surface area contributed by atoms with Crippen molar-refractivity contribution in [3.05, 3.63) is 59.2 Å². The quantitative estimate of drug-likeness (QED) is 0.392. The SMILES string of the molecule is O=P(O)(O)CCc1cc(CCP(=O)(O)O)cc(Oc2ccc(CO)cc2)c1. The Morgan fingerprint density at radius 1 is 0.704 bits per heavy atom. The lowest BCUT2D eigenvalue weighted by Crippen LogP contribution is -1.99. The molecule has 148 valence electrons. The fourth-order valence-electron chi connectivity index (χ4n) is 2.42. The Labute approximate surface area is 156 Å². The summed E-state index contributed by atoms with van der Waals surface area (Å²) in [7, 11) is -8.34. The van der Waals surface area contributed by atoms with Crippen molar-refractivity contribution in [3.63, 3.8) is 0 Å². The maximum atomic E-state index is 11.1. The second kappa shape index (κ2) is 9.13. The van der Waals surface area contributed by atoms with E-state index in [-0.39, 0.29) is 31.8 Å². The minimum absolute atomic E-state index is 0.0926. The van der Waals surface area contributed by atoms with Gasteiger partial charge in [0.05, 0.1) is 18.9 Å². The topological polar surface area (TPSA) is 145 Å². The van der Waals surface area contributed by atoms with E-state index in [0.29, 0.717) is 22.6 Å². The summed E-state index contributed by atoms with van der Waals surface area (Å²) in [5, 5.41) is 9.07. The van der Waals surface area contributed by atoms with E-state index in [9.17, 15) is 9.13 Å². The molecule has 0 aliphatic rings. The predicted octanol–water partition coefficient (Wildman–Crippen LogP) is 2.41. The number of aliphatic hydroxyl groups excluding tert-OH is 1. The third kappa shape index (κ3) is 8.37. The van der Waals surface area contributed by atoms with Gasteiger partial charge in [-0.3, -0.25) is 9.13 Å². The van der Waals surface area contributed by atoms with Gasteiger partial charge >= 0.3 is 15.2 Å². The highest BCUT2D eigenvalue weighted by atomic mass is 31.2. The normalized spacial score (nSPS) is 12.2. The Morgan fingerprint density at radius 3 is 1.59 bits per heavy atom. The van der Waals surface area contributed by atoms with Crippen LogP contribution >= 0.6 is 15.2 Å². The van der Waals surface area contributed by atoms with Gasteiger partial charge in [0, 0.05) is 0 Å². The molecule has 0 fully saturated rings. The zero-order valence-corrected chi connectivity index (χ0v) is 16.2. The molecule has 2 aromatic rings. The van der Waals surface area contributed by atoms with Gasteiger partial charge in [0.1, 0.15) is 11.5 Å². The number of ether oxygens (including phenoxy) is 1. The van der Waals surface area contributed by atoms with Gasteiger partial charge in [-0.2, -0.15) is 0 Å². The third-order valence-corrected chi connectivity index (χ3v) is 5.36. The monoisotopic (exact) mass is 416 g/mol. The molecule has 0 saturated carbocycles. The third-order valence-electron chi connectivity index (χ3n) is 3.75. The van der Waals surface area contributed by atoms with E-state index in [1.54, 1.807) is 42.5 Å². The Hall–Kier alpha value is -1.50. The summed E-state index contributed by atoms with van der Waals surface area (Å²) in [5.74, 6) is 0.899. The second-order valence-corrected chi connectivity index (χ2v) is 9.72. The first-order chi connectivity index (χ1) is 12.5. The van der Waals surface area contributed by atoms with Crippen LogP contribution in [0, 0.1) is 0 Å². The molecule has 0 aliphatic carbocycles. The number of hydrogen-bond donors (Lipinski definition) is 5. The Balaban J connectivity index is 2.24. The fraction of sp³-hybridized carbons (Fsp3) is 0.294. The van der Waals surface area contributed by atoms with Crippen molar-refractivity contribution in [2.24, 2.45) is 0 Å².